The molecular weight excluding hydrogens is 590 g/mol. The summed E-state index contributed by atoms with van der Waals surface area (Å²) in [7, 11) is 1.55. The lowest BCUT2D eigenvalue weighted by Crippen LogP contribution is -2.55. The molecule has 0 saturated carbocycles. The van der Waals surface area contributed by atoms with E-state index in [0.717, 1.165) is 13.1 Å². The molecule has 248 valence electrons. The molecule has 16 nitrogen and oxygen atoms in total. The van der Waals surface area contributed by atoms with Crippen LogP contribution in [0.15, 0.2) is 15.5 Å². The molecule has 3 unspecified atom stereocenters. The topological polar surface area (TPSA) is 215 Å². The average Bonchev–Trinajstić information content (AvgIpc) is 3.54. The number of hydrogen-bond acceptors (Lipinski definition) is 11. The van der Waals surface area contributed by atoms with Crippen LogP contribution in [0.2, 0.25) is 0 Å². The van der Waals surface area contributed by atoms with Gasteiger partial charge >= 0.3 is 5.97 Å². The Morgan fingerprint density at radius 3 is 2.50 bits per heavy atom. The van der Waals surface area contributed by atoms with Crippen LogP contribution in [-0.4, -0.2) is 155 Å². The van der Waals surface area contributed by atoms with Crippen LogP contribution < -0.4 is 22.1 Å². The lowest BCUT2D eigenvalue weighted by molar-refractivity contribution is -0.149. The van der Waals surface area contributed by atoms with Crippen molar-refractivity contribution in [2.75, 3.05) is 59.4 Å². The van der Waals surface area contributed by atoms with Crippen LogP contribution in [0.25, 0.3) is 0 Å². The fraction of sp³-hybridized carbons (Fsp3) is 0.815. The number of hydrogen-bond donors (Lipinski definition) is 5. The number of amides is 3. The molecule has 3 heterocycles. The van der Waals surface area contributed by atoms with Crippen molar-refractivity contribution in [3.63, 3.8) is 0 Å². The second-order valence-electron chi connectivity index (χ2n) is 12.0. The molecule has 3 fully saturated rings. The van der Waals surface area contributed by atoms with Gasteiger partial charge in [0.1, 0.15) is 12.6 Å². The Balaban J connectivity index is 1.54. The summed E-state index contributed by atoms with van der Waals surface area (Å²) in [6.45, 7) is 13.1. The van der Waals surface area contributed by atoms with Gasteiger partial charge in [0.2, 0.25) is 17.7 Å². The Kier molecular flexibility index (Phi) is 13.3. The number of rotatable bonds is 14. The monoisotopic (exact) mass is 639 g/mol. The van der Waals surface area contributed by atoms with Crippen molar-refractivity contribution in [1.82, 2.24) is 30.3 Å². The molecule has 0 aromatic carbocycles. The van der Waals surface area contributed by atoms with Crippen LogP contribution in [0.3, 0.4) is 0 Å². The second kappa shape index (κ2) is 16.5. The molecule has 8 atom stereocenters. The standard InChI is InChI=1S/C27H49N11O5S/c1-16(32-22(39)15-35(5)34-33-30-4)10-23(40)38-18(3)17(2)25(24(38)27(42)43)44-20-11-21(31-13-20)26(41)37-8-6-36(7-9-37)14-19(29)12-28/h16-21,24-25,31H,4,6-15,28-29H2,1-3,5H3,(H,32,39)(H,42,43)/b34-33-/t16?,17-,18+,19-,20+,21+,24?,25?/m1/s1. The quantitative estimate of drug-likeness (QED) is 0.0827. The van der Waals surface area contributed by atoms with Crippen molar-refractivity contribution in [3.8, 4) is 0 Å². The predicted octanol–water partition coefficient (Wildman–Crippen LogP) is -1.62. The van der Waals surface area contributed by atoms with E-state index >= 15 is 0 Å². The number of carboxylic acids is 1. The van der Waals surface area contributed by atoms with Crippen LogP contribution in [0, 0.1) is 5.92 Å². The maximum absolute atomic E-state index is 13.4. The Labute approximate surface area is 263 Å². The lowest BCUT2D eigenvalue weighted by Gasteiger charge is -2.36. The van der Waals surface area contributed by atoms with Crippen LogP contribution in [0.1, 0.15) is 33.6 Å². The van der Waals surface area contributed by atoms with E-state index in [1.165, 1.54) is 9.91 Å². The minimum absolute atomic E-state index is 0.0352. The Morgan fingerprint density at radius 1 is 1.20 bits per heavy atom. The second-order valence-corrected chi connectivity index (χ2v) is 13.5. The Hall–Kier alpha value is -2.86. The van der Waals surface area contributed by atoms with E-state index in [2.05, 4.69) is 37.8 Å². The first-order valence-electron chi connectivity index (χ1n) is 15.1. The first kappa shape index (κ1) is 35.6. The fourth-order valence-corrected chi connectivity index (χ4v) is 7.95. The number of thioether (sulfide) groups is 1. The number of nitrogens with one attached hydrogen (secondary N) is 2. The van der Waals surface area contributed by atoms with Crippen LogP contribution in [0.5, 0.6) is 0 Å². The van der Waals surface area contributed by atoms with E-state index in [0.29, 0.717) is 39.1 Å². The van der Waals surface area contributed by atoms with E-state index in [9.17, 15) is 24.3 Å². The minimum atomic E-state index is -1.06. The van der Waals surface area contributed by atoms with Crippen molar-refractivity contribution in [2.45, 2.75) is 74.3 Å². The number of piperazine rings is 1. The molecule has 3 aliphatic heterocycles. The summed E-state index contributed by atoms with van der Waals surface area (Å²) < 4.78 is 0. The zero-order valence-corrected chi connectivity index (χ0v) is 27.0. The molecular formula is C27H49N11O5S. The summed E-state index contributed by atoms with van der Waals surface area (Å²) in [6, 6.07) is -2.24. The number of aliphatic carboxylic acids is 1. The first-order chi connectivity index (χ1) is 20.9. The third-order valence-corrected chi connectivity index (χ3v) is 10.3. The smallest absolute Gasteiger partial charge is 0.327 e. The van der Waals surface area contributed by atoms with Gasteiger partial charge in [-0.2, -0.15) is 11.8 Å². The zero-order chi connectivity index (χ0) is 32.6. The maximum atomic E-state index is 13.4. The number of nitrogens with zero attached hydrogens (tertiary/aromatic N) is 7. The van der Waals surface area contributed by atoms with Crippen LogP contribution in [0.4, 0.5) is 0 Å². The number of likely N-dealkylation sites (N-methyl/N-ethyl adjacent to an activating group) is 1. The van der Waals surface area contributed by atoms with Crippen molar-refractivity contribution in [2.24, 2.45) is 32.9 Å². The highest BCUT2D eigenvalue weighted by molar-refractivity contribution is 8.00. The molecule has 0 aromatic rings. The van der Waals surface area contributed by atoms with Gasteiger partial charge in [-0.15, -0.1) is 5.10 Å². The van der Waals surface area contributed by atoms with Crippen molar-refractivity contribution in [3.05, 3.63) is 0 Å². The maximum Gasteiger partial charge on any atom is 0.327 e. The molecule has 0 spiro atoms. The molecule has 0 aliphatic carbocycles. The van der Waals surface area contributed by atoms with Gasteiger partial charge in [-0.1, -0.05) is 12.1 Å². The molecule has 44 heavy (non-hydrogen) atoms. The molecule has 0 bridgehead atoms. The summed E-state index contributed by atoms with van der Waals surface area (Å²) in [5.74, 6) is -1.77. The fourth-order valence-electron chi connectivity index (χ4n) is 6.14. The summed E-state index contributed by atoms with van der Waals surface area (Å²) in [5.41, 5.74) is 11.6. The largest absolute Gasteiger partial charge is 0.480 e. The summed E-state index contributed by atoms with van der Waals surface area (Å²) >= 11 is 1.56. The van der Waals surface area contributed by atoms with Crippen LogP contribution >= 0.6 is 11.8 Å². The highest BCUT2D eigenvalue weighted by Gasteiger charge is 2.52. The van der Waals surface area contributed by atoms with Gasteiger partial charge in [-0.3, -0.25) is 24.3 Å². The molecule has 3 saturated heterocycles. The average molecular weight is 640 g/mol. The third kappa shape index (κ3) is 9.32. The van der Waals surface area contributed by atoms with E-state index in [4.69, 9.17) is 11.5 Å². The molecule has 17 heteroatoms. The molecule has 0 radical (unpaired) electrons. The van der Waals surface area contributed by atoms with Gasteiger partial charge in [0.15, 0.2) is 0 Å². The third-order valence-electron chi connectivity index (χ3n) is 8.60. The Morgan fingerprint density at radius 2 is 1.89 bits per heavy atom. The van der Waals surface area contributed by atoms with Gasteiger partial charge in [-0.05, 0) is 31.4 Å². The molecule has 3 rings (SSSR count). The first-order valence-corrected chi connectivity index (χ1v) is 16.1. The van der Waals surface area contributed by atoms with Crippen molar-refractivity contribution in [1.29, 1.82) is 0 Å². The van der Waals surface area contributed by atoms with E-state index in [1.807, 2.05) is 18.7 Å². The van der Waals surface area contributed by atoms with Crippen LogP contribution in [-0.2, 0) is 19.2 Å². The van der Waals surface area contributed by atoms with E-state index in [-0.39, 0.29) is 65.2 Å². The van der Waals surface area contributed by atoms with Crippen molar-refractivity contribution >= 4 is 42.2 Å². The van der Waals surface area contributed by atoms with Gasteiger partial charge in [0.05, 0.1) is 6.04 Å². The van der Waals surface area contributed by atoms with E-state index in [1.54, 1.807) is 25.7 Å². The normalized spacial score (nSPS) is 29.0. The zero-order valence-electron chi connectivity index (χ0n) is 26.2. The SMILES string of the molecule is C=N/N=N\N(C)CC(=O)NC(C)CC(=O)N1C(C(=O)O)C(S[C@@H]2CN[C@H](C(=O)N3CCN(C[C@H](N)CN)CC3)C2)[C@H](C)[C@@H]1C. The highest BCUT2D eigenvalue weighted by atomic mass is 32.2. The lowest BCUT2D eigenvalue weighted by atomic mass is 10.0. The number of carbonyl (C=O) groups excluding carboxylic acids is 3. The number of carbonyl (C=O) groups is 4. The number of carboxylic acid groups (broad SMARTS) is 1. The molecule has 0 aromatic heterocycles. The summed E-state index contributed by atoms with van der Waals surface area (Å²) in [6.07, 6.45) is 0.552. The summed E-state index contributed by atoms with van der Waals surface area (Å²) in [4.78, 5) is 57.2. The number of nitrogens with two attached hydrogens (primary N) is 2. The number of likely N-dealkylation sites (tertiary alicyclic amines) is 1. The molecule has 7 N–H and O–H groups in total. The molecule has 3 aliphatic rings. The molecule has 3 amide bonds. The van der Waals surface area contributed by atoms with Gasteiger partial charge in [-0.25, -0.2) is 4.79 Å². The van der Waals surface area contributed by atoms with Gasteiger partial charge in [0, 0.05) is 94.6 Å². The van der Waals surface area contributed by atoms with E-state index < -0.39 is 18.1 Å². The van der Waals surface area contributed by atoms with Gasteiger partial charge < -0.3 is 37.0 Å². The van der Waals surface area contributed by atoms with Crippen molar-refractivity contribution < 1.29 is 24.3 Å². The minimum Gasteiger partial charge on any atom is -0.480 e. The highest BCUT2D eigenvalue weighted by Crippen LogP contribution is 2.42. The Bertz CT molecular complexity index is 1060. The predicted molar refractivity (Wildman–Crippen MR) is 168 cm³/mol. The summed E-state index contributed by atoms with van der Waals surface area (Å²) in [5, 5.41) is 27.6. The van der Waals surface area contributed by atoms with Gasteiger partial charge in [0.25, 0.3) is 0 Å².